The topological polar surface area (TPSA) is 97.4 Å². The van der Waals surface area contributed by atoms with Gasteiger partial charge in [0, 0.05) is 51.3 Å². The van der Waals surface area contributed by atoms with Crippen molar-refractivity contribution in [3.8, 4) is 11.5 Å². The summed E-state index contributed by atoms with van der Waals surface area (Å²) in [6.45, 7) is 6.49. The van der Waals surface area contributed by atoms with Gasteiger partial charge in [-0.2, -0.15) is 0 Å². The molecule has 0 saturated carbocycles. The van der Waals surface area contributed by atoms with E-state index in [9.17, 15) is 14.4 Å². The van der Waals surface area contributed by atoms with E-state index >= 15 is 0 Å². The molecule has 0 unspecified atom stereocenters. The Morgan fingerprint density at radius 1 is 1.06 bits per heavy atom. The van der Waals surface area contributed by atoms with Crippen molar-refractivity contribution in [2.45, 2.75) is 32.9 Å². The highest BCUT2D eigenvalue weighted by Crippen LogP contribution is 2.27. The molecule has 1 N–H and O–H groups in total. The number of nitrogens with one attached hydrogen (secondary N) is 1. The maximum Gasteiger partial charge on any atom is 0.257 e. The molecule has 2 aromatic rings. The molecule has 1 aliphatic heterocycles. The van der Waals surface area contributed by atoms with Crippen LogP contribution >= 0.6 is 0 Å². The van der Waals surface area contributed by atoms with Gasteiger partial charge in [0.1, 0.15) is 18.1 Å². The van der Waals surface area contributed by atoms with Crippen LogP contribution < -0.4 is 14.8 Å². The van der Waals surface area contributed by atoms with Crippen LogP contribution in [0.4, 0.5) is 5.69 Å². The van der Waals surface area contributed by atoms with Gasteiger partial charge in [0.25, 0.3) is 11.8 Å². The minimum atomic E-state index is -0.313. The van der Waals surface area contributed by atoms with Gasteiger partial charge in [-0.25, -0.2) is 0 Å². The van der Waals surface area contributed by atoms with E-state index in [1.54, 1.807) is 73.5 Å². The van der Waals surface area contributed by atoms with Crippen LogP contribution in [0.15, 0.2) is 42.5 Å². The molecule has 0 spiro atoms. The van der Waals surface area contributed by atoms with Crippen LogP contribution in [-0.4, -0.2) is 80.6 Å². The number of fused-ring (bicyclic) bond motifs is 1. The lowest BCUT2D eigenvalue weighted by Crippen LogP contribution is -2.48. The number of methoxy groups -OCH3 is 2. The number of hydrogen-bond acceptors (Lipinski definition) is 6. The zero-order chi connectivity index (χ0) is 26.4. The largest absolute Gasteiger partial charge is 0.497 e. The van der Waals surface area contributed by atoms with Gasteiger partial charge in [0.05, 0.1) is 24.8 Å². The van der Waals surface area contributed by atoms with E-state index in [0.29, 0.717) is 41.4 Å². The zero-order valence-corrected chi connectivity index (χ0v) is 21.7. The number of hydrogen-bond donors (Lipinski definition) is 1. The average Bonchev–Trinajstić information content (AvgIpc) is 2.87. The Balaban J connectivity index is 1.92. The smallest absolute Gasteiger partial charge is 0.257 e. The third kappa shape index (κ3) is 6.34. The van der Waals surface area contributed by atoms with Gasteiger partial charge < -0.3 is 29.3 Å². The number of carbonyl (C=O) groups excluding carboxylic acids is 3. The standard InChI is InChI=1S/C27H35N3O6/c1-17-14-30(19(3)31)18(2)16-36-24-12-9-21(13-23(24)27(33)29(4)15-25(17)35-6)28-26(32)20-7-10-22(34-5)11-8-20/h7-13,17-18,25H,14-16H2,1-6H3,(H,28,32)/t17-,18-,25-/m0/s1. The quantitative estimate of drug-likeness (QED) is 0.696. The Labute approximate surface area is 212 Å². The summed E-state index contributed by atoms with van der Waals surface area (Å²) in [5, 5.41) is 2.84. The van der Waals surface area contributed by atoms with E-state index in [-0.39, 0.29) is 42.4 Å². The highest BCUT2D eigenvalue weighted by molar-refractivity contribution is 6.05. The molecule has 0 aliphatic carbocycles. The van der Waals surface area contributed by atoms with Crippen molar-refractivity contribution in [2.24, 2.45) is 5.92 Å². The molecule has 0 saturated heterocycles. The summed E-state index contributed by atoms with van der Waals surface area (Å²) in [4.78, 5) is 41.9. The minimum absolute atomic E-state index is 0.00869. The second kappa shape index (κ2) is 11.9. The molecule has 1 aliphatic rings. The highest BCUT2D eigenvalue weighted by Gasteiger charge is 2.29. The SMILES string of the molecule is COc1ccc(C(=O)Nc2ccc3c(c2)C(=O)N(C)C[C@H](OC)[C@@H](C)CN(C(C)=O)[C@@H](C)CO3)cc1. The predicted octanol–water partition coefficient (Wildman–Crippen LogP) is 3.30. The number of likely N-dealkylation sites (N-methyl/N-ethyl adjacent to an activating group) is 1. The minimum Gasteiger partial charge on any atom is -0.497 e. The van der Waals surface area contributed by atoms with Crippen LogP contribution in [0.2, 0.25) is 0 Å². The summed E-state index contributed by atoms with van der Waals surface area (Å²) < 4.78 is 16.9. The summed E-state index contributed by atoms with van der Waals surface area (Å²) in [5.41, 5.74) is 1.23. The number of rotatable bonds is 4. The van der Waals surface area contributed by atoms with Gasteiger partial charge >= 0.3 is 0 Å². The maximum atomic E-state index is 13.5. The number of amides is 3. The van der Waals surface area contributed by atoms with Gasteiger partial charge in [0.15, 0.2) is 0 Å². The van der Waals surface area contributed by atoms with Crippen LogP contribution in [0.5, 0.6) is 11.5 Å². The summed E-state index contributed by atoms with van der Waals surface area (Å²) in [5.74, 6) is 0.408. The molecule has 9 heteroatoms. The van der Waals surface area contributed by atoms with Gasteiger partial charge in [-0.1, -0.05) is 6.92 Å². The molecular formula is C27H35N3O6. The fourth-order valence-corrected chi connectivity index (χ4v) is 4.24. The van der Waals surface area contributed by atoms with Gasteiger partial charge in [0.2, 0.25) is 5.91 Å². The van der Waals surface area contributed by atoms with Gasteiger partial charge in [-0.3, -0.25) is 14.4 Å². The van der Waals surface area contributed by atoms with E-state index in [0.717, 1.165) is 0 Å². The normalized spacial score (nSPS) is 20.9. The monoisotopic (exact) mass is 497 g/mol. The first-order valence-corrected chi connectivity index (χ1v) is 11.9. The van der Waals surface area contributed by atoms with Crippen LogP contribution in [0.25, 0.3) is 0 Å². The Morgan fingerprint density at radius 3 is 2.36 bits per heavy atom. The first-order valence-electron chi connectivity index (χ1n) is 11.9. The van der Waals surface area contributed by atoms with Crippen LogP contribution in [0, 0.1) is 5.92 Å². The summed E-state index contributed by atoms with van der Waals surface area (Å²) in [6.07, 6.45) is -0.269. The van der Waals surface area contributed by atoms with Crippen molar-refractivity contribution < 1.29 is 28.6 Å². The Morgan fingerprint density at radius 2 is 1.75 bits per heavy atom. The van der Waals surface area contributed by atoms with Crippen molar-refractivity contribution in [3.05, 3.63) is 53.6 Å². The van der Waals surface area contributed by atoms with Gasteiger partial charge in [-0.15, -0.1) is 0 Å². The molecule has 3 amide bonds. The molecule has 0 fully saturated rings. The van der Waals surface area contributed by atoms with Gasteiger partial charge in [-0.05, 0) is 49.4 Å². The zero-order valence-electron chi connectivity index (χ0n) is 21.7. The number of anilines is 1. The number of benzene rings is 2. The second-order valence-electron chi connectivity index (χ2n) is 9.16. The van der Waals surface area contributed by atoms with Crippen molar-refractivity contribution >= 4 is 23.4 Å². The molecular weight excluding hydrogens is 462 g/mol. The molecule has 3 rings (SSSR count). The lowest BCUT2D eigenvalue weighted by Gasteiger charge is -2.35. The predicted molar refractivity (Wildman–Crippen MR) is 137 cm³/mol. The molecule has 194 valence electrons. The average molecular weight is 498 g/mol. The molecule has 1 heterocycles. The molecule has 36 heavy (non-hydrogen) atoms. The third-order valence-corrected chi connectivity index (χ3v) is 6.46. The molecule has 0 radical (unpaired) electrons. The third-order valence-electron chi connectivity index (χ3n) is 6.46. The molecule has 0 bridgehead atoms. The lowest BCUT2D eigenvalue weighted by atomic mass is 10.0. The van der Waals surface area contributed by atoms with Crippen molar-refractivity contribution in [1.82, 2.24) is 9.80 Å². The first-order chi connectivity index (χ1) is 17.1. The fourth-order valence-electron chi connectivity index (χ4n) is 4.24. The molecule has 2 aromatic carbocycles. The van der Waals surface area contributed by atoms with Crippen LogP contribution in [0.3, 0.4) is 0 Å². The second-order valence-corrected chi connectivity index (χ2v) is 9.16. The summed E-state index contributed by atoms with van der Waals surface area (Å²) in [6, 6.07) is 11.5. The van der Waals surface area contributed by atoms with Crippen LogP contribution in [0.1, 0.15) is 41.5 Å². The Kier molecular flexibility index (Phi) is 8.93. The van der Waals surface area contributed by atoms with E-state index < -0.39 is 0 Å². The highest BCUT2D eigenvalue weighted by atomic mass is 16.5. The first kappa shape index (κ1) is 27.0. The summed E-state index contributed by atoms with van der Waals surface area (Å²) in [7, 11) is 4.87. The van der Waals surface area contributed by atoms with E-state index in [1.165, 1.54) is 6.92 Å². The van der Waals surface area contributed by atoms with Crippen molar-refractivity contribution in [1.29, 1.82) is 0 Å². The molecule has 3 atom stereocenters. The maximum absolute atomic E-state index is 13.5. The van der Waals surface area contributed by atoms with Crippen LogP contribution in [-0.2, 0) is 9.53 Å². The number of ether oxygens (including phenoxy) is 3. The lowest BCUT2D eigenvalue weighted by molar-refractivity contribution is -0.133. The van der Waals surface area contributed by atoms with E-state index in [2.05, 4.69) is 5.32 Å². The van der Waals surface area contributed by atoms with E-state index in [1.807, 2.05) is 13.8 Å². The fraction of sp³-hybridized carbons (Fsp3) is 0.444. The summed E-state index contributed by atoms with van der Waals surface area (Å²) >= 11 is 0. The number of carbonyl (C=O) groups is 3. The molecule has 0 aromatic heterocycles. The van der Waals surface area contributed by atoms with E-state index in [4.69, 9.17) is 14.2 Å². The number of nitrogens with zero attached hydrogens (tertiary/aromatic N) is 2. The van der Waals surface area contributed by atoms with Crippen molar-refractivity contribution in [2.75, 3.05) is 46.3 Å². The Hall–Kier alpha value is -3.59. The van der Waals surface area contributed by atoms with Crippen molar-refractivity contribution in [3.63, 3.8) is 0 Å². The Bertz CT molecular complexity index is 1090. The molecule has 9 nitrogen and oxygen atoms in total.